The number of hydrogen-bond donors (Lipinski definition) is 2. The minimum atomic E-state index is -1.16. The molecule has 4 rings (SSSR count). The zero-order valence-corrected chi connectivity index (χ0v) is 21.4. The molecule has 0 aliphatic carbocycles. The average Bonchev–Trinajstić information content (AvgIpc) is 2.88. The van der Waals surface area contributed by atoms with E-state index >= 15 is 0 Å². The van der Waals surface area contributed by atoms with E-state index in [1.165, 1.54) is 0 Å². The molecule has 6 nitrogen and oxygen atoms in total. The Balaban J connectivity index is 1.32. The average molecular weight is 496 g/mol. The number of carbonyl (C=O) groups excluding carboxylic acids is 2. The van der Waals surface area contributed by atoms with E-state index in [2.05, 4.69) is 15.5 Å². The van der Waals surface area contributed by atoms with Crippen molar-refractivity contribution in [1.82, 2.24) is 15.5 Å². The highest BCUT2D eigenvalue weighted by Crippen LogP contribution is 2.27. The summed E-state index contributed by atoms with van der Waals surface area (Å²) >= 11 is 0. The molecule has 0 radical (unpaired) electrons. The first-order valence-corrected chi connectivity index (χ1v) is 13.1. The summed E-state index contributed by atoms with van der Waals surface area (Å²) in [7, 11) is 0. The van der Waals surface area contributed by atoms with Crippen LogP contribution in [0.3, 0.4) is 0 Å². The normalized spacial score (nSPS) is 19.6. The van der Waals surface area contributed by atoms with Crippen LogP contribution in [0.1, 0.15) is 49.9 Å². The van der Waals surface area contributed by atoms with Gasteiger partial charge in [-0.2, -0.15) is 0 Å². The fourth-order valence-electron chi connectivity index (χ4n) is 5.08. The molecule has 2 aromatic carbocycles. The Kier molecular flexibility index (Phi) is 8.75. The van der Waals surface area contributed by atoms with Gasteiger partial charge >= 0.3 is 0 Å². The van der Waals surface area contributed by atoms with E-state index in [1.807, 2.05) is 42.5 Å². The third-order valence-corrected chi connectivity index (χ3v) is 7.03. The zero-order valence-electron chi connectivity index (χ0n) is 21.4. The first-order valence-electron chi connectivity index (χ1n) is 13.1. The van der Waals surface area contributed by atoms with Crippen LogP contribution in [0.5, 0.6) is 5.75 Å². The van der Waals surface area contributed by atoms with Crippen molar-refractivity contribution in [3.05, 3.63) is 54.1 Å². The maximum Gasteiger partial charge on any atom is 0.258 e. The van der Waals surface area contributed by atoms with Gasteiger partial charge in [0.1, 0.15) is 11.4 Å². The molecule has 36 heavy (non-hydrogen) atoms. The first-order chi connectivity index (χ1) is 17.3. The minimum absolute atomic E-state index is 0.172. The number of halogens is 1. The van der Waals surface area contributed by atoms with E-state index in [1.54, 1.807) is 19.9 Å². The van der Waals surface area contributed by atoms with Crippen molar-refractivity contribution in [2.45, 2.75) is 45.2 Å². The topological polar surface area (TPSA) is 70.7 Å². The fraction of sp³-hybridized carbons (Fsp3) is 0.517. The molecule has 2 aliphatic heterocycles. The summed E-state index contributed by atoms with van der Waals surface area (Å²) in [6.07, 6.45) is 3.75. The number of piperidine rings is 2. The van der Waals surface area contributed by atoms with Crippen molar-refractivity contribution >= 4 is 11.8 Å². The maximum absolute atomic E-state index is 13.9. The lowest BCUT2D eigenvalue weighted by Gasteiger charge is -2.34. The van der Waals surface area contributed by atoms with Gasteiger partial charge in [-0.25, -0.2) is 4.39 Å². The number of rotatable bonds is 8. The van der Waals surface area contributed by atoms with Crippen LogP contribution in [-0.4, -0.2) is 61.7 Å². The van der Waals surface area contributed by atoms with Crippen LogP contribution < -0.4 is 15.4 Å². The smallest absolute Gasteiger partial charge is 0.258 e. The molecule has 2 saturated heterocycles. The number of imide groups is 1. The predicted octanol–water partition coefficient (Wildman–Crippen LogP) is 4.45. The van der Waals surface area contributed by atoms with Crippen molar-refractivity contribution in [3.63, 3.8) is 0 Å². The third kappa shape index (κ3) is 7.37. The summed E-state index contributed by atoms with van der Waals surface area (Å²) in [5.74, 6) is 0.487. The van der Waals surface area contributed by atoms with Gasteiger partial charge in [-0.15, -0.1) is 0 Å². The Morgan fingerprint density at radius 3 is 2.47 bits per heavy atom. The second-order valence-electron chi connectivity index (χ2n) is 10.7. The van der Waals surface area contributed by atoms with Crippen LogP contribution in [0, 0.1) is 11.8 Å². The fourth-order valence-corrected chi connectivity index (χ4v) is 5.08. The van der Waals surface area contributed by atoms with Crippen molar-refractivity contribution in [1.29, 1.82) is 0 Å². The number of likely N-dealkylation sites (tertiary alicyclic amines) is 1. The second-order valence-corrected chi connectivity index (χ2v) is 10.7. The number of benzene rings is 2. The molecule has 2 N–H and O–H groups in total. The second kappa shape index (κ2) is 12.0. The molecule has 0 saturated carbocycles. The molecule has 194 valence electrons. The predicted molar refractivity (Wildman–Crippen MR) is 140 cm³/mol. The molecule has 7 heteroatoms. The number of ether oxygens (including phenoxy) is 1. The molecule has 1 atom stereocenters. The van der Waals surface area contributed by atoms with Crippen LogP contribution in [0.4, 0.5) is 4.39 Å². The van der Waals surface area contributed by atoms with Crippen LogP contribution in [0.15, 0.2) is 48.5 Å². The van der Waals surface area contributed by atoms with Gasteiger partial charge in [0.15, 0.2) is 0 Å². The van der Waals surface area contributed by atoms with Crippen molar-refractivity contribution < 1.29 is 18.7 Å². The standard InChI is InChI=1S/C29H38FN3O3/c1-29(2,30)20-33-16-13-21(14-17-33)19-36-24-11-9-22(10-12-24)25-7-3-4-8-26(25)28(35)32-27(34)23-6-5-15-31-18-23/h3-4,7-12,21,23,31H,5-6,13-20H2,1-2H3,(H,32,34,35)/t23-/m0/s1. The third-order valence-electron chi connectivity index (χ3n) is 7.03. The van der Waals surface area contributed by atoms with Gasteiger partial charge in [-0.3, -0.25) is 14.9 Å². The Bertz CT molecular complexity index is 1020. The summed E-state index contributed by atoms with van der Waals surface area (Å²) < 4.78 is 19.9. The van der Waals surface area contributed by atoms with Crippen LogP contribution >= 0.6 is 0 Å². The van der Waals surface area contributed by atoms with Gasteiger partial charge < -0.3 is 15.0 Å². The quantitative estimate of drug-likeness (QED) is 0.530. The van der Waals surface area contributed by atoms with E-state index in [9.17, 15) is 14.0 Å². The number of nitrogens with one attached hydrogen (secondary N) is 2. The summed E-state index contributed by atoms with van der Waals surface area (Å²) in [5, 5.41) is 5.81. The van der Waals surface area contributed by atoms with Crippen molar-refractivity contribution in [2.75, 3.05) is 39.3 Å². The molecule has 2 aromatic rings. The molecule has 0 bridgehead atoms. The number of alkyl halides is 1. The molecule has 2 heterocycles. The van der Waals surface area contributed by atoms with Crippen LogP contribution in [-0.2, 0) is 4.79 Å². The Morgan fingerprint density at radius 1 is 1.08 bits per heavy atom. The molecule has 0 unspecified atom stereocenters. The molecular weight excluding hydrogens is 457 g/mol. The van der Waals surface area contributed by atoms with Gasteiger partial charge in [0.25, 0.3) is 5.91 Å². The number of carbonyl (C=O) groups is 2. The van der Waals surface area contributed by atoms with Gasteiger partial charge in [-0.1, -0.05) is 30.3 Å². The lowest BCUT2D eigenvalue weighted by Crippen LogP contribution is -2.42. The number of amides is 2. The lowest BCUT2D eigenvalue weighted by molar-refractivity contribution is -0.124. The summed E-state index contributed by atoms with van der Waals surface area (Å²) in [6.45, 7) is 7.71. The Hall–Kier alpha value is -2.77. The minimum Gasteiger partial charge on any atom is -0.493 e. The van der Waals surface area contributed by atoms with Gasteiger partial charge in [0.2, 0.25) is 5.91 Å². The Labute approximate surface area is 213 Å². The van der Waals surface area contributed by atoms with E-state index in [0.29, 0.717) is 31.2 Å². The van der Waals surface area contributed by atoms with Crippen LogP contribution in [0.2, 0.25) is 0 Å². The number of hydrogen-bond acceptors (Lipinski definition) is 5. The molecule has 2 amide bonds. The van der Waals surface area contributed by atoms with Gasteiger partial charge in [-0.05, 0) is 94.4 Å². The summed E-state index contributed by atoms with van der Waals surface area (Å²) in [6, 6.07) is 15.1. The molecule has 2 fully saturated rings. The summed E-state index contributed by atoms with van der Waals surface area (Å²) in [5.41, 5.74) is 0.986. The Morgan fingerprint density at radius 2 is 1.81 bits per heavy atom. The molecule has 0 aromatic heterocycles. The maximum atomic E-state index is 13.9. The monoisotopic (exact) mass is 495 g/mol. The molecule has 2 aliphatic rings. The highest BCUT2D eigenvalue weighted by atomic mass is 19.1. The first kappa shape index (κ1) is 26.3. The SMILES string of the molecule is CC(C)(F)CN1CCC(COc2ccc(-c3ccccc3C(=O)NC(=O)[C@H]3CCCNC3)cc2)CC1. The molecule has 0 spiro atoms. The largest absolute Gasteiger partial charge is 0.493 e. The van der Waals surface area contributed by atoms with Crippen molar-refractivity contribution in [2.24, 2.45) is 11.8 Å². The van der Waals surface area contributed by atoms with Gasteiger partial charge in [0.05, 0.1) is 12.5 Å². The van der Waals surface area contributed by atoms with Crippen LogP contribution in [0.25, 0.3) is 11.1 Å². The lowest BCUT2D eigenvalue weighted by atomic mass is 9.96. The highest BCUT2D eigenvalue weighted by molar-refractivity contribution is 6.08. The van der Waals surface area contributed by atoms with Gasteiger partial charge in [0, 0.05) is 18.7 Å². The van der Waals surface area contributed by atoms with E-state index in [-0.39, 0.29) is 17.7 Å². The summed E-state index contributed by atoms with van der Waals surface area (Å²) in [4.78, 5) is 27.7. The highest BCUT2D eigenvalue weighted by Gasteiger charge is 2.26. The van der Waals surface area contributed by atoms with E-state index in [4.69, 9.17) is 4.74 Å². The van der Waals surface area contributed by atoms with Crippen molar-refractivity contribution in [3.8, 4) is 16.9 Å². The number of nitrogens with zero attached hydrogens (tertiary/aromatic N) is 1. The van der Waals surface area contributed by atoms with E-state index < -0.39 is 5.67 Å². The zero-order chi connectivity index (χ0) is 25.5. The van der Waals surface area contributed by atoms with E-state index in [0.717, 1.165) is 62.2 Å². The molecular formula is C29H38FN3O3.